The van der Waals surface area contributed by atoms with Gasteiger partial charge in [0.25, 0.3) is 11.8 Å². The van der Waals surface area contributed by atoms with E-state index in [1.807, 2.05) is 0 Å². The van der Waals surface area contributed by atoms with Gasteiger partial charge in [-0.2, -0.15) is 0 Å². The van der Waals surface area contributed by atoms with Crippen molar-refractivity contribution >= 4 is 35.0 Å². The number of hydrogen-bond donors (Lipinski definition) is 2. The average molecular weight is 523 g/mol. The van der Waals surface area contributed by atoms with E-state index < -0.39 is 0 Å². The molecule has 2 N–H and O–H groups in total. The van der Waals surface area contributed by atoms with Crippen LogP contribution in [-0.4, -0.2) is 86.0 Å². The van der Waals surface area contributed by atoms with Crippen LogP contribution >= 0.6 is 0 Å². The molecule has 4 rings (SSSR count). The number of unbranched alkanes of at least 4 members (excludes halogenated alkanes) is 1. The Kier molecular flexibility index (Phi) is 9.83. The molecule has 10 nitrogen and oxygen atoms in total. The molecule has 2 aromatic rings. The summed E-state index contributed by atoms with van der Waals surface area (Å²) in [6, 6.07) is 13.8. The third-order valence-electron chi connectivity index (χ3n) is 6.44. The SMILES string of the molecule is O=C(CCCCC(=O)Nc1cccc(C(=O)N2CCOCC2)c1)Nc1cccc(C(=O)N2CCOCC2)c1. The van der Waals surface area contributed by atoms with E-state index in [1.165, 1.54) is 0 Å². The molecule has 4 amide bonds. The highest BCUT2D eigenvalue weighted by atomic mass is 16.5. The largest absolute Gasteiger partial charge is 0.378 e. The number of nitrogens with zero attached hydrogens (tertiary/aromatic N) is 2. The molecule has 2 aromatic carbocycles. The smallest absolute Gasteiger partial charge is 0.254 e. The number of morpholine rings is 2. The second kappa shape index (κ2) is 13.7. The molecule has 0 saturated carbocycles. The molecule has 0 aliphatic carbocycles. The molecule has 0 bridgehead atoms. The van der Waals surface area contributed by atoms with Gasteiger partial charge in [0.15, 0.2) is 0 Å². The summed E-state index contributed by atoms with van der Waals surface area (Å²) in [5.41, 5.74) is 2.19. The number of ether oxygens (including phenoxy) is 2. The molecule has 0 atom stereocenters. The van der Waals surface area contributed by atoms with E-state index in [0.717, 1.165) is 0 Å². The van der Waals surface area contributed by atoms with Crippen LogP contribution in [0, 0.1) is 0 Å². The first-order valence-electron chi connectivity index (χ1n) is 13.0. The Bertz CT molecular complexity index is 1050. The fourth-order valence-corrected chi connectivity index (χ4v) is 4.38. The molecule has 2 saturated heterocycles. The van der Waals surface area contributed by atoms with E-state index >= 15 is 0 Å². The van der Waals surface area contributed by atoms with E-state index in [-0.39, 0.29) is 36.5 Å². The summed E-state index contributed by atoms with van der Waals surface area (Å²) in [6.07, 6.45) is 1.61. The number of hydrogen-bond acceptors (Lipinski definition) is 6. The van der Waals surface area contributed by atoms with Crippen molar-refractivity contribution < 1.29 is 28.7 Å². The highest BCUT2D eigenvalue weighted by molar-refractivity contribution is 5.98. The second-order valence-corrected chi connectivity index (χ2v) is 9.27. The molecule has 0 spiro atoms. The van der Waals surface area contributed by atoms with Gasteiger partial charge in [0.1, 0.15) is 0 Å². The maximum absolute atomic E-state index is 12.7. The van der Waals surface area contributed by atoms with E-state index in [4.69, 9.17) is 9.47 Å². The van der Waals surface area contributed by atoms with Crippen LogP contribution < -0.4 is 10.6 Å². The van der Waals surface area contributed by atoms with Crippen LogP contribution in [0.5, 0.6) is 0 Å². The van der Waals surface area contributed by atoms with Gasteiger partial charge in [-0.15, -0.1) is 0 Å². The minimum Gasteiger partial charge on any atom is -0.378 e. The molecule has 202 valence electrons. The number of nitrogens with one attached hydrogen (secondary N) is 2. The van der Waals surface area contributed by atoms with Crippen molar-refractivity contribution in [2.75, 3.05) is 63.2 Å². The lowest BCUT2D eigenvalue weighted by Crippen LogP contribution is -2.40. The Balaban J connectivity index is 1.17. The van der Waals surface area contributed by atoms with E-state index in [0.29, 0.717) is 87.9 Å². The summed E-state index contributed by atoms with van der Waals surface area (Å²) < 4.78 is 10.6. The van der Waals surface area contributed by atoms with Gasteiger partial charge in [-0.05, 0) is 49.2 Å². The molecule has 2 aliphatic heterocycles. The predicted molar refractivity (Wildman–Crippen MR) is 142 cm³/mol. The third kappa shape index (κ3) is 7.87. The zero-order chi connectivity index (χ0) is 26.7. The van der Waals surface area contributed by atoms with Gasteiger partial charge in [0.05, 0.1) is 26.4 Å². The number of benzene rings is 2. The molecule has 2 aliphatic rings. The first-order chi connectivity index (χ1) is 18.5. The van der Waals surface area contributed by atoms with Crippen LogP contribution in [-0.2, 0) is 19.1 Å². The number of rotatable bonds is 9. The van der Waals surface area contributed by atoms with Crippen LogP contribution in [0.15, 0.2) is 48.5 Å². The van der Waals surface area contributed by atoms with Crippen molar-refractivity contribution in [3.05, 3.63) is 59.7 Å². The number of anilines is 2. The van der Waals surface area contributed by atoms with Gasteiger partial charge in [-0.25, -0.2) is 0 Å². The van der Waals surface area contributed by atoms with Crippen LogP contribution in [0.25, 0.3) is 0 Å². The Morgan fingerprint density at radius 3 is 1.42 bits per heavy atom. The van der Waals surface area contributed by atoms with Crippen LogP contribution in [0.3, 0.4) is 0 Å². The zero-order valence-corrected chi connectivity index (χ0v) is 21.4. The minimum absolute atomic E-state index is 0.0774. The van der Waals surface area contributed by atoms with Crippen molar-refractivity contribution in [1.29, 1.82) is 0 Å². The summed E-state index contributed by atoms with van der Waals surface area (Å²) in [4.78, 5) is 53.6. The summed E-state index contributed by atoms with van der Waals surface area (Å²) in [5, 5.41) is 5.67. The molecule has 2 fully saturated rings. The average Bonchev–Trinajstić information content (AvgIpc) is 2.96. The van der Waals surface area contributed by atoms with Gasteiger partial charge in [-0.1, -0.05) is 12.1 Å². The van der Waals surface area contributed by atoms with E-state index in [1.54, 1.807) is 58.3 Å². The van der Waals surface area contributed by atoms with Crippen molar-refractivity contribution in [2.45, 2.75) is 25.7 Å². The third-order valence-corrected chi connectivity index (χ3v) is 6.44. The Morgan fingerprint density at radius 2 is 1.03 bits per heavy atom. The Morgan fingerprint density at radius 1 is 0.632 bits per heavy atom. The van der Waals surface area contributed by atoms with Crippen molar-refractivity contribution in [3.63, 3.8) is 0 Å². The monoisotopic (exact) mass is 522 g/mol. The summed E-state index contributed by atoms with van der Waals surface area (Å²) in [6.45, 7) is 4.34. The molecule has 0 unspecified atom stereocenters. The molecule has 0 radical (unpaired) electrons. The Hall–Kier alpha value is -3.76. The fraction of sp³-hybridized carbons (Fsp3) is 0.429. The maximum atomic E-state index is 12.7. The predicted octanol–water partition coefficient (Wildman–Crippen LogP) is 2.77. The van der Waals surface area contributed by atoms with E-state index in [9.17, 15) is 19.2 Å². The second-order valence-electron chi connectivity index (χ2n) is 9.27. The lowest BCUT2D eigenvalue weighted by molar-refractivity contribution is -0.118. The molecule has 10 heteroatoms. The van der Waals surface area contributed by atoms with Gasteiger partial charge >= 0.3 is 0 Å². The van der Waals surface area contributed by atoms with Gasteiger partial charge in [0, 0.05) is 61.5 Å². The highest BCUT2D eigenvalue weighted by Crippen LogP contribution is 2.16. The number of carbonyl (C=O) groups excluding carboxylic acids is 4. The lowest BCUT2D eigenvalue weighted by Gasteiger charge is -2.27. The van der Waals surface area contributed by atoms with Crippen LogP contribution in [0.4, 0.5) is 11.4 Å². The van der Waals surface area contributed by atoms with E-state index in [2.05, 4.69) is 10.6 Å². The summed E-state index contributed by atoms with van der Waals surface area (Å²) in [7, 11) is 0. The first kappa shape index (κ1) is 27.3. The summed E-state index contributed by atoms with van der Waals surface area (Å²) >= 11 is 0. The van der Waals surface area contributed by atoms with Gasteiger partial charge in [0.2, 0.25) is 11.8 Å². The van der Waals surface area contributed by atoms with Crippen LogP contribution in [0.1, 0.15) is 46.4 Å². The molecule has 38 heavy (non-hydrogen) atoms. The summed E-state index contributed by atoms with van der Waals surface area (Å²) in [5.74, 6) is -0.496. The van der Waals surface area contributed by atoms with Crippen LogP contribution in [0.2, 0.25) is 0 Å². The highest BCUT2D eigenvalue weighted by Gasteiger charge is 2.20. The topological polar surface area (TPSA) is 117 Å². The first-order valence-corrected chi connectivity index (χ1v) is 13.0. The molecule has 2 heterocycles. The number of amides is 4. The van der Waals surface area contributed by atoms with Crippen molar-refractivity contribution in [2.24, 2.45) is 0 Å². The Labute approximate surface area is 222 Å². The zero-order valence-electron chi connectivity index (χ0n) is 21.4. The quantitative estimate of drug-likeness (QED) is 0.489. The molecule has 0 aromatic heterocycles. The standard InChI is InChI=1S/C28H34N4O6/c33-25(29-23-7-3-5-21(19-23)27(35)31-11-15-37-16-12-31)9-1-2-10-26(34)30-24-8-4-6-22(20-24)28(36)32-13-17-38-18-14-32/h3-8,19-20H,1-2,9-18H2,(H,29,33)(H,30,34). The number of carbonyl (C=O) groups is 4. The lowest BCUT2D eigenvalue weighted by atomic mass is 10.1. The fourth-order valence-electron chi connectivity index (χ4n) is 4.38. The van der Waals surface area contributed by atoms with Crippen molar-refractivity contribution in [3.8, 4) is 0 Å². The van der Waals surface area contributed by atoms with Gasteiger partial charge < -0.3 is 29.9 Å². The molecular formula is C28H34N4O6. The normalized spacial score (nSPS) is 15.6. The minimum atomic E-state index is -0.171. The maximum Gasteiger partial charge on any atom is 0.254 e. The van der Waals surface area contributed by atoms with Crippen molar-refractivity contribution in [1.82, 2.24) is 9.80 Å². The molecular weight excluding hydrogens is 488 g/mol. The van der Waals surface area contributed by atoms with Gasteiger partial charge in [-0.3, -0.25) is 19.2 Å².